The lowest BCUT2D eigenvalue weighted by atomic mass is 9.85. The molecule has 1 aromatic rings. The van der Waals surface area contributed by atoms with Gasteiger partial charge in [0.15, 0.2) is 0 Å². The maximum atomic E-state index is 11.3. The standard InChI is InChI=1S/C11H12N2O4S2/c1-19(16,17)13-10-7(5-12)9-6(11(14)15)3-2-4-8(9)18-10/h6,13H,2-4H2,1H3,(H,14,15). The lowest BCUT2D eigenvalue weighted by Gasteiger charge is -2.18. The number of rotatable bonds is 3. The van der Waals surface area contributed by atoms with Crippen LogP contribution in [0.1, 0.15) is 34.8 Å². The van der Waals surface area contributed by atoms with E-state index in [1.54, 1.807) is 0 Å². The smallest absolute Gasteiger partial charge is 0.311 e. The van der Waals surface area contributed by atoms with Gasteiger partial charge in [-0.15, -0.1) is 11.3 Å². The molecule has 1 heterocycles. The first-order valence-corrected chi connectivity index (χ1v) is 8.30. The molecule has 0 bridgehead atoms. The van der Waals surface area contributed by atoms with Crippen molar-refractivity contribution in [1.82, 2.24) is 0 Å². The number of aryl methyl sites for hydroxylation is 1. The summed E-state index contributed by atoms with van der Waals surface area (Å²) in [5.74, 6) is -1.69. The van der Waals surface area contributed by atoms with Gasteiger partial charge in [0, 0.05) is 10.4 Å². The highest BCUT2D eigenvalue weighted by Gasteiger charge is 2.33. The molecular weight excluding hydrogens is 288 g/mol. The predicted octanol–water partition coefficient (Wildman–Crippen LogP) is 1.50. The highest BCUT2D eigenvalue weighted by molar-refractivity contribution is 7.92. The molecule has 1 aliphatic rings. The number of sulfonamides is 1. The molecule has 1 aliphatic carbocycles. The topological polar surface area (TPSA) is 107 Å². The first-order chi connectivity index (χ1) is 8.83. The average Bonchev–Trinajstić information content (AvgIpc) is 2.62. The number of thiophene rings is 1. The molecule has 0 amide bonds. The van der Waals surface area contributed by atoms with Crippen molar-refractivity contribution in [2.45, 2.75) is 25.2 Å². The van der Waals surface area contributed by atoms with E-state index >= 15 is 0 Å². The highest BCUT2D eigenvalue weighted by atomic mass is 32.2. The van der Waals surface area contributed by atoms with Crippen molar-refractivity contribution in [3.05, 3.63) is 16.0 Å². The van der Waals surface area contributed by atoms with E-state index in [9.17, 15) is 23.6 Å². The minimum atomic E-state index is -3.49. The maximum Gasteiger partial charge on any atom is 0.311 e. The average molecular weight is 300 g/mol. The molecule has 0 saturated heterocycles. The van der Waals surface area contributed by atoms with E-state index in [4.69, 9.17) is 0 Å². The number of fused-ring (bicyclic) bond motifs is 1. The number of nitrogens with one attached hydrogen (secondary N) is 1. The molecule has 0 aliphatic heterocycles. The number of carboxylic acid groups (broad SMARTS) is 1. The lowest BCUT2D eigenvalue weighted by Crippen LogP contribution is -2.17. The lowest BCUT2D eigenvalue weighted by molar-refractivity contribution is -0.139. The summed E-state index contributed by atoms with van der Waals surface area (Å²) in [6, 6.07) is 1.93. The van der Waals surface area contributed by atoms with E-state index in [1.807, 2.05) is 6.07 Å². The summed E-state index contributed by atoms with van der Waals surface area (Å²) in [5.41, 5.74) is 0.634. The van der Waals surface area contributed by atoms with Crippen molar-refractivity contribution in [1.29, 1.82) is 5.26 Å². The van der Waals surface area contributed by atoms with Gasteiger partial charge in [0.2, 0.25) is 10.0 Å². The predicted molar refractivity (Wildman–Crippen MR) is 70.8 cm³/mol. The van der Waals surface area contributed by atoms with E-state index < -0.39 is 21.9 Å². The molecule has 0 spiro atoms. The zero-order chi connectivity index (χ0) is 14.2. The second-order valence-corrected chi connectivity index (χ2v) is 7.27. The van der Waals surface area contributed by atoms with Crippen molar-refractivity contribution < 1.29 is 18.3 Å². The van der Waals surface area contributed by atoms with Crippen molar-refractivity contribution in [2.75, 3.05) is 11.0 Å². The van der Waals surface area contributed by atoms with Crippen LogP contribution in [0.25, 0.3) is 0 Å². The largest absolute Gasteiger partial charge is 0.481 e. The quantitative estimate of drug-likeness (QED) is 0.879. The summed E-state index contributed by atoms with van der Waals surface area (Å²) in [7, 11) is -3.49. The Kier molecular flexibility index (Phi) is 3.52. The van der Waals surface area contributed by atoms with E-state index in [2.05, 4.69) is 4.72 Å². The first kappa shape index (κ1) is 13.8. The van der Waals surface area contributed by atoms with Crippen LogP contribution in [0.5, 0.6) is 0 Å². The second-order valence-electron chi connectivity index (χ2n) is 4.41. The molecule has 2 rings (SSSR count). The minimum Gasteiger partial charge on any atom is -0.481 e. The Morgan fingerprint density at radius 3 is 2.79 bits per heavy atom. The van der Waals surface area contributed by atoms with Crippen molar-refractivity contribution in [3.8, 4) is 6.07 Å². The SMILES string of the molecule is CS(=O)(=O)Nc1sc2c(c1C#N)C(C(=O)O)CCC2. The van der Waals surface area contributed by atoms with Crippen LogP contribution in [0, 0.1) is 11.3 Å². The Bertz CT molecular complexity index is 670. The van der Waals surface area contributed by atoms with E-state index in [1.165, 1.54) is 0 Å². The van der Waals surface area contributed by atoms with Gasteiger partial charge in [-0.05, 0) is 19.3 Å². The third-order valence-corrected chi connectivity index (χ3v) is 4.84. The fourth-order valence-electron chi connectivity index (χ4n) is 2.25. The zero-order valence-electron chi connectivity index (χ0n) is 10.1. The monoisotopic (exact) mass is 300 g/mol. The Balaban J connectivity index is 2.57. The number of hydrogen-bond acceptors (Lipinski definition) is 5. The fraction of sp³-hybridized carbons (Fsp3) is 0.455. The van der Waals surface area contributed by atoms with Crippen LogP contribution in [0.2, 0.25) is 0 Å². The molecule has 2 N–H and O–H groups in total. The molecular formula is C11H12N2O4S2. The van der Waals surface area contributed by atoms with Gasteiger partial charge < -0.3 is 5.11 Å². The van der Waals surface area contributed by atoms with Crippen LogP contribution in [-0.2, 0) is 21.2 Å². The highest BCUT2D eigenvalue weighted by Crippen LogP contribution is 2.43. The summed E-state index contributed by atoms with van der Waals surface area (Å²) in [6.07, 6.45) is 2.89. The van der Waals surface area contributed by atoms with E-state index in [-0.39, 0.29) is 10.6 Å². The molecule has 1 aromatic heterocycles. The van der Waals surface area contributed by atoms with Crippen LogP contribution in [0.3, 0.4) is 0 Å². The summed E-state index contributed by atoms with van der Waals surface area (Å²) in [4.78, 5) is 12.0. The van der Waals surface area contributed by atoms with Crippen LogP contribution >= 0.6 is 11.3 Å². The van der Waals surface area contributed by atoms with Crippen LogP contribution in [0.4, 0.5) is 5.00 Å². The number of anilines is 1. The van der Waals surface area contributed by atoms with Crippen molar-refractivity contribution in [3.63, 3.8) is 0 Å². The number of nitriles is 1. The number of nitrogens with zero attached hydrogens (tertiary/aromatic N) is 1. The maximum absolute atomic E-state index is 11.3. The van der Waals surface area contributed by atoms with Crippen LogP contribution in [0.15, 0.2) is 0 Å². The third kappa shape index (κ3) is 2.72. The Morgan fingerprint density at radius 1 is 1.58 bits per heavy atom. The summed E-state index contributed by atoms with van der Waals surface area (Å²) in [5, 5.41) is 18.6. The fourth-order valence-corrected chi connectivity index (χ4v) is 4.42. The molecule has 0 radical (unpaired) electrons. The van der Waals surface area contributed by atoms with Gasteiger partial charge in [0.05, 0.1) is 17.7 Å². The van der Waals surface area contributed by atoms with Gasteiger partial charge in [0.25, 0.3) is 0 Å². The molecule has 8 heteroatoms. The molecule has 6 nitrogen and oxygen atoms in total. The molecule has 0 aromatic carbocycles. The second kappa shape index (κ2) is 4.83. The Labute approximate surface area is 114 Å². The summed E-state index contributed by atoms with van der Waals surface area (Å²) >= 11 is 1.16. The molecule has 19 heavy (non-hydrogen) atoms. The van der Waals surface area contributed by atoms with E-state index in [0.29, 0.717) is 18.4 Å². The number of hydrogen-bond donors (Lipinski definition) is 2. The van der Waals surface area contributed by atoms with Crippen molar-refractivity contribution >= 4 is 32.3 Å². The van der Waals surface area contributed by atoms with Gasteiger partial charge in [-0.1, -0.05) is 0 Å². The van der Waals surface area contributed by atoms with Gasteiger partial charge in [-0.2, -0.15) is 5.26 Å². The molecule has 0 saturated carbocycles. The molecule has 1 unspecified atom stereocenters. The molecule has 1 atom stereocenters. The third-order valence-electron chi connectivity index (χ3n) is 2.96. The Morgan fingerprint density at radius 2 is 2.26 bits per heavy atom. The number of carbonyl (C=O) groups is 1. The Hall–Kier alpha value is -1.59. The normalized spacial score (nSPS) is 18.4. The molecule has 102 valence electrons. The van der Waals surface area contributed by atoms with Crippen LogP contribution < -0.4 is 4.72 Å². The zero-order valence-corrected chi connectivity index (χ0v) is 11.8. The first-order valence-electron chi connectivity index (χ1n) is 5.59. The van der Waals surface area contributed by atoms with Crippen LogP contribution in [-0.4, -0.2) is 25.7 Å². The van der Waals surface area contributed by atoms with Crippen molar-refractivity contribution in [2.24, 2.45) is 0 Å². The van der Waals surface area contributed by atoms with Gasteiger partial charge in [-0.25, -0.2) is 8.42 Å². The van der Waals surface area contributed by atoms with Gasteiger partial charge >= 0.3 is 5.97 Å². The van der Waals surface area contributed by atoms with E-state index in [0.717, 1.165) is 28.9 Å². The summed E-state index contributed by atoms with van der Waals surface area (Å²) in [6.45, 7) is 0. The minimum absolute atomic E-state index is 0.150. The van der Waals surface area contributed by atoms with Gasteiger partial charge in [0.1, 0.15) is 11.1 Å². The molecule has 0 fully saturated rings. The number of aliphatic carboxylic acids is 1. The summed E-state index contributed by atoms with van der Waals surface area (Å²) < 4.78 is 24.8. The van der Waals surface area contributed by atoms with Gasteiger partial charge in [-0.3, -0.25) is 9.52 Å². The number of carboxylic acids is 1.